The van der Waals surface area contributed by atoms with Crippen LogP contribution in [0.2, 0.25) is 10.0 Å². The van der Waals surface area contributed by atoms with Gasteiger partial charge in [0, 0.05) is 13.1 Å². The second-order valence-electron chi connectivity index (χ2n) is 5.75. The van der Waals surface area contributed by atoms with E-state index in [1.807, 2.05) is 13.8 Å². The number of nitrogens with one attached hydrogen (secondary N) is 1. The summed E-state index contributed by atoms with van der Waals surface area (Å²) in [6.45, 7) is 5.33. The predicted octanol–water partition coefficient (Wildman–Crippen LogP) is 4.90. The lowest BCUT2D eigenvalue weighted by Gasteiger charge is -2.21. The van der Waals surface area contributed by atoms with E-state index in [-0.39, 0.29) is 17.3 Å². The molecule has 0 aliphatic carbocycles. The molecule has 0 spiro atoms. The van der Waals surface area contributed by atoms with Crippen LogP contribution in [0.25, 0.3) is 0 Å². The number of pyridine rings is 1. The molecule has 1 heterocycles. The van der Waals surface area contributed by atoms with Crippen LogP contribution in [0.5, 0.6) is 0 Å². The van der Waals surface area contributed by atoms with E-state index >= 15 is 0 Å². The Bertz CT molecular complexity index is 770. The average molecular weight is 394 g/mol. The largest absolute Gasteiger partial charge is 0.337 e. The molecule has 0 saturated heterocycles. The maximum atomic E-state index is 12.7. The first-order valence-corrected chi connectivity index (χ1v) is 9.25. The number of nitrogens with zero attached hydrogens (tertiary/aromatic N) is 2. The van der Waals surface area contributed by atoms with Gasteiger partial charge in [-0.25, -0.2) is 4.98 Å². The van der Waals surface area contributed by atoms with Gasteiger partial charge in [0.05, 0.1) is 15.7 Å². The Hall–Kier alpha value is -2.11. The third-order valence-electron chi connectivity index (χ3n) is 3.68. The zero-order valence-corrected chi connectivity index (χ0v) is 16.3. The van der Waals surface area contributed by atoms with Crippen LogP contribution in [0.4, 0.5) is 5.69 Å². The Balaban J connectivity index is 2.22. The molecular formula is C19H21Cl2N3O2. The fraction of sp³-hybridized carbons (Fsp3) is 0.316. The summed E-state index contributed by atoms with van der Waals surface area (Å²) in [6.07, 6.45) is 1.72. The second kappa shape index (κ2) is 9.55. The fourth-order valence-corrected chi connectivity index (χ4v) is 2.98. The van der Waals surface area contributed by atoms with Crippen molar-refractivity contribution in [1.82, 2.24) is 9.88 Å². The lowest BCUT2D eigenvalue weighted by atomic mass is 10.2. The van der Waals surface area contributed by atoms with Gasteiger partial charge >= 0.3 is 0 Å². The van der Waals surface area contributed by atoms with Crippen LogP contribution in [0.15, 0.2) is 36.4 Å². The molecule has 1 aromatic heterocycles. The first-order valence-electron chi connectivity index (χ1n) is 8.49. The van der Waals surface area contributed by atoms with Crippen LogP contribution in [0.1, 0.15) is 47.7 Å². The average Bonchev–Trinajstić information content (AvgIpc) is 2.64. The van der Waals surface area contributed by atoms with Crippen LogP contribution < -0.4 is 5.32 Å². The third-order valence-corrected chi connectivity index (χ3v) is 4.31. The minimum absolute atomic E-state index is 0.125. The van der Waals surface area contributed by atoms with Crippen molar-refractivity contribution in [2.75, 3.05) is 18.4 Å². The molecule has 0 aliphatic rings. The molecule has 5 nitrogen and oxygen atoms in total. The van der Waals surface area contributed by atoms with Crippen LogP contribution in [-0.2, 0) is 0 Å². The number of carbonyl (C=O) groups excluding carboxylic acids is 2. The minimum Gasteiger partial charge on any atom is -0.337 e. The van der Waals surface area contributed by atoms with Crippen molar-refractivity contribution in [3.8, 4) is 0 Å². The molecule has 2 aromatic rings. The Morgan fingerprint density at radius 1 is 0.962 bits per heavy atom. The first-order chi connectivity index (χ1) is 12.5. The van der Waals surface area contributed by atoms with Crippen LogP contribution >= 0.6 is 23.2 Å². The summed E-state index contributed by atoms with van der Waals surface area (Å²) in [7, 11) is 0. The lowest BCUT2D eigenvalue weighted by Crippen LogP contribution is -2.33. The summed E-state index contributed by atoms with van der Waals surface area (Å²) in [5.41, 5.74) is 0.683. The molecule has 138 valence electrons. The number of amides is 2. The zero-order chi connectivity index (χ0) is 19.1. The number of para-hydroxylation sites is 1. The molecule has 0 saturated carbocycles. The molecule has 7 heteroatoms. The Labute approximate surface area is 163 Å². The monoisotopic (exact) mass is 393 g/mol. The van der Waals surface area contributed by atoms with Crippen molar-refractivity contribution < 1.29 is 9.59 Å². The molecule has 0 radical (unpaired) electrons. The third kappa shape index (κ3) is 4.96. The van der Waals surface area contributed by atoms with Crippen LogP contribution in [-0.4, -0.2) is 34.8 Å². The molecule has 0 bridgehead atoms. The highest BCUT2D eigenvalue weighted by Gasteiger charge is 2.18. The highest BCUT2D eigenvalue weighted by molar-refractivity contribution is 6.40. The normalized spacial score (nSPS) is 10.5. The number of hydrogen-bond acceptors (Lipinski definition) is 3. The minimum atomic E-state index is -0.479. The van der Waals surface area contributed by atoms with E-state index in [2.05, 4.69) is 10.3 Å². The number of hydrogen-bond donors (Lipinski definition) is 1. The van der Waals surface area contributed by atoms with Gasteiger partial charge in [0.25, 0.3) is 11.8 Å². The molecule has 26 heavy (non-hydrogen) atoms. The van der Waals surface area contributed by atoms with Crippen molar-refractivity contribution in [2.24, 2.45) is 0 Å². The highest BCUT2D eigenvalue weighted by Crippen LogP contribution is 2.30. The number of aromatic nitrogens is 1. The SMILES string of the molecule is CCCN(CCC)C(=O)c1cccc(C(=O)Nc2c(Cl)cccc2Cl)n1. The van der Waals surface area contributed by atoms with Gasteiger partial charge in [0.1, 0.15) is 11.4 Å². The first kappa shape index (κ1) is 20.2. The van der Waals surface area contributed by atoms with Gasteiger partial charge in [-0.15, -0.1) is 0 Å². The van der Waals surface area contributed by atoms with Crippen molar-refractivity contribution >= 4 is 40.7 Å². The van der Waals surface area contributed by atoms with E-state index in [0.29, 0.717) is 28.8 Å². The van der Waals surface area contributed by atoms with Gasteiger partial charge in [-0.1, -0.05) is 49.2 Å². The van der Waals surface area contributed by atoms with Crippen molar-refractivity contribution in [2.45, 2.75) is 26.7 Å². The zero-order valence-electron chi connectivity index (χ0n) is 14.8. The number of carbonyl (C=O) groups is 2. The smallest absolute Gasteiger partial charge is 0.274 e. The van der Waals surface area contributed by atoms with Crippen molar-refractivity contribution in [3.63, 3.8) is 0 Å². The van der Waals surface area contributed by atoms with Crippen molar-refractivity contribution in [3.05, 3.63) is 57.8 Å². The molecular weight excluding hydrogens is 373 g/mol. The molecule has 0 aliphatic heterocycles. The van der Waals surface area contributed by atoms with Gasteiger partial charge in [0.2, 0.25) is 0 Å². The van der Waals surface area contributed by atoms with Crippen molar-refractivity contribution in [1.29, 1.82) is 0 Å². The fourth-order valence-electron chi connectivity index (χ4n) is 2.49. The Kier molecular flexibility index (Phi) is 7.42. The summed E-state index contributed by atoms with van der Waals surface area (Å²) < 4.78 is 0. The van der Waals surface area contributed by atoms with Crippen LogP contribution in [0.3, 0.4) is 0 Å². The van der Waals surface area contributed by atoms with Gasteiger partial charge in [-0.05, 0) is 37.1 Å². The molecule has 2 rings (SSSR count). The van der Waals surface area contributed by atoms with Gasteiger partial charge < -0.3 is 10.2 Å². The molecule has 1 aromatic carbocycles. The predicted molar refractivity (Wildman–Crippen MR) is 105 cm³/mol. The van der Waals surface area contributed by atoms with E-state index in [0.717, 1.165) is 12.8 Å². The number of anilines is 1. The summed E-state index contributed by atoms with van der Waals surface area (Å²) in [6, 6.07) is 9.74. The van der Waals surface area contributed by atoms with E-state index in [9.17, 15) is 9.59 Å². The summed E-state index contributed by atoms with van der Waals surface area (Å²) in [4.78, 5) is 31.1. The van der Waals surface area contributed by atoms with E-state index < -0.39 is 5.91 Å². The summed E-state index contributed by atoms with van der Waals surface area (Å²) in [5.74, 6) is -0.661. The van der Waals surface area contributed by atoms with Gasteiger partial charge in [-0.2, -0.15) is 0 Å². The maximum Gasteiger partial charge on any atom is 0.274 e. The molecule has 0 fully saturated rings. The molecule has 0 atom stereocenters. The van der Waals surface area contributed by atoms with E-state index in [1.165, 1.54) is 0 Å². The summed E-state index contributed by atoms with van der Waals surface area (Å²) >= 11 is 12.1. The maximum absolute atomic E-state index is 12.7. The van der Waals surface area contributed by atoms with E-state index in [4.69, 9.17) is 23.2 Å². The molecule has 2 amide bonds. The highest BCUT2D eigenvalue weighted by atomic mass is 35.5. The van der Waals surface area contributed by atoms with E-state index in [1.54, 1.807) is 41.3 Å². The molecule has 0 unspecified atom stereocenters. The number of halogens is 2. The number of benzene rings is 1. The Morgan fingerprint density at radius 2 is 1.50 bits per heavy atom. The standard InChI is InChI=1S/C19H21Cl2N3O2/c1-3-11-24(12-4-2)19(26)16-10-6-9-15(22-16)18(25)23-17-13(20)7-5-8-14(17)21/h5-10H,3-4,11-12H2,1-2H3,(H,23,25). The topological polar surface area (TPSA) is 62.3 Å². The lowest BCUT2D eigenvalue weighted by molar-refractivity contribution is 0.0749. The molecule has 1 N–H and O–H groups in total. The summed E-state index contributed by atoms with van der Waals surface area (Å²) in [5, 5.41) is 3.31. The second-order valence-corrected chi connectivity index (χ2v) is 6.57. The van der Waals surface area contributed by atoms with Gasteiger partial charge in [-0.3, -0.25) is 9.59 Å². The quantitative estimate of drug-likeness (QED) is 0.726. The number of rotatable bonds is 7. The Morgan fingerprint density at radius 3 is 2.08 bits per heavy atom. The van der Waals surface area contributed by atoms with Gasteiger partial charge in [0.15, 0.2) is 0 Å². The van der Waals surface area contributed by atoms with Crippen LogP contribution in [0, 0.1) is 0 Å².